The maximum atomic E-state index is 8.83. The van der Waals surface area contributed by atoms with Crippen LogP contribution in [0.4, 0.5) is 5.82 Å². The number of aromatic nitrogens is 1. The number of pyridine rings is 1. The number of aryl methyl sites for hydroxylation is 1. The Morgan fingerprint density at radius 1 is 1.35 bits per heavy atom. The normalized spacial score (nSPS) is 9.94. The fourth-order valence-electron chi connectivity index (χ4n) is 1.62. The molecule has 17 heavy (non-hydrogen) atoms. The van der Waals surface area contributed by atoms with E-state index < -0.39 is 0 Å². The summed E-state index contributed by atoms with van der Waals surface area (Å²) in [6.07, 6.45) is 0. The zero-order valence-electron chi connectivity index (χ0n) is 9.24. The first kappa shape index (κ1) is 11.4. The lowest BCUT2D eigenvalue weighted by atomic mass is 10.0. The van der Waals surface area contributed by atoms with Crippen molar-refractivity contribution in [1.29, 1.82) is 5.26 Å². The second-order valence-corrected chi connectivity index (χ2v) is 4.09. The Kier molecular flexibility index (Phi) is 2.99. The fraction of sp³-hybridized carbons (Fsp3) is 0.0769. The highest BCUT2D eigenvalue weighted by Gasteiger charge is 2.11. The second kappa shape index (κ2) is 4.44. The molecule has 0 amide bonds. The van der Waals surface area contributed by atoms with Crippen LogP contribution < -0.4 is 5.73 Å². The molecule has 0 bridgehead atoms. The molecule has 1 aromatic heterocycles. The molecule has 2 N–H and O–H groups in total. The lowest BCUT2D eigenvalue weighted by Crippen LogP contribution is -1.98. The number of hydrogen-bond donors (Lipinski definition) is 1. The number of hydrogen-bond acceptors (Lipinski definition) is 3. The highest BCUT2D eigenvalue weighted by atomic mass is 35.5. The molecule has 0 unspecified atom stereocenters. The zero-order valence-corrected chi connectivity index (χ0v) is 9.99. The van der Waals surface area contributed by atoms with E-state index in [0.717, 1.165) is 11.1 Å². The van der Waals surface area contributed by atoms with Gasteiger partial charge in [0, 0.05) is 5.56 Å². The van der Waals surface area contributed by atoms with Gasteiger partial charge in [-0.05, 0) is 18.6 Å². The summed E-state index contributed by atoms with van der Waals surface area (Å²) in [4.78, 5) is 4.20. The van der Waals surface area contributed by atoms with Gasteiger partial charge in [0.25, 0.3) is 0 Å². The predicted molar refractivity (Wildman–Crippen MR) is 68.5 cm³/mol. The van der Waals surface area contributed by atoms with E-state index >= 15 is 0 Å². The summed E-state index contributed by atoms with van der Waals surface area (Å²) >= 11 is 6.12. The van der Waals surface area contributed by atoms with Crippen LogP contribution in [0.1, 0.15) is 11.1 Å². The summed E-state index contributed by atoms with van der Waals surface area (Å²) in [6.45, 7) is 1.97. The molecule has 4 heteroatoms. The van der Waals surface area contributed by atoms with Crippen LogP contribution in [0.3, 0.4) is 0 Å². The van der Waals surface area contributed by atoms with E-state index in [2.05, 4.69) is 4.98 Å². The van der Waals surface area contributed by atoms with Crippen LogP contribution in [0.2, 0.25) is 5.02 Å². The number of benzene rings is 1. The summed E-state index contributed by atoms with van der Waals surface area (Å²) in [6, 6.07) is 11.3. The Bertz CT molecular complexity index is 615. The molecule has 0 saturated carbocycles. The molecule has 0 spiro atoms. The first-order valence-corrected chi connectivity index (χ1v) is 5.43. The lowest BCUT2D eigenvalue weighted by molar-refractivity contribution is 1.29. The highest BCUT2D eigenvalue weighted by molar-refractivity contribution is 6.33. The molecule has 0 aliphatic heterocycles. The Hall–Kier alpha value is -2.05. The maximum Gasteiger partial charge on any atom is 0.142 e. The highest BCUT2D eigenvalue weighted by Crippen LogP contribution is 2.30. The third-order valence-corrected chi connectivity index (χ3v) is 2.81. The number of rotatable bonds is 1. The van der Waals surface area contributed by atoms with Crippen molar-refractivity contribution >= 4 is 17.4 Å². The number of nitrogens with zero attached hydrogens (tertiary/aromatic N) is 2. The Labute approximate surface area is 104 Å². The average molecular weight is 244 g/mol. The topological polar surface area (TPSA) is 62.7 Å². The molecule has 2 aromatic rings. The Morgan fingerprint density at radius 2 is 2.06 bits per heavy atom. The average Bonchev–Trinajstić information content (AvgIpc) is 2.32. The van der Waals surface area contributed by atoms with Crippen molar-refractivity contribution in [3.8, 4) is 17.3 Å². The molecule has 3 nitrogen and oxygen atoms in total. The molecule has 0 saturated heterocycles. The van der Waals surface area contributed by atoms with Gasteiger partial charge in [0.15, 0.2) is 0 Å². The molecule has 0 aliphatic rings. The molecule has 0 atom stereocenters. The molecule has 1 heterocycles. The van der Waals surface area contributed by atoms with E-state index in [1.807, 2.05) is 37.3 Å². The van der Waals surface area contributed by atoms with Crippen molar-refractivity contribution in [2.24, 2.45) is 0 Å². The van der Waals surface area contributed by atoms with Crippen LogP contribution in [0.15, 0.2) is 30.3 Å². The Balaban J connectivity index is 2.66. The molecular formula is C13H10ClN3. The molecule has 1 aromatic carbocycles. The van der Waals surface area contributed by atoms with Gasteiger partial charge in [-0.15, -0.1) is 0 Å². The lowest BCUT2D eigenvalue weighted by Gasteiger charge is -2.08. The minimum absolute atomic E-state index is 0.204. The predicted octanol–water partition coefficient (Wildman–Crippen LogP) is 3.16. The summed E-state index contributed by atoms with van der Waals surface area (Å²) in [7, 11) is 0. The van der Waals surface area contributed by atoms with Crippen molar-refractivity contribution in [2.45, 2.75) is 6.92 Å². The second-order valence-electron chi connectivity index (χ2n) is 3.68. The molecule has 2 rings (SSSR count). The summed E-state index contributed by atoms with van der Waals surface area (Å²) in [5.41, 5.74) is 8.59. The third kappa shape index (κ3) is 2.08. The van der Waals surface area contributed by atoms with Crippen LogP contribution in [0.25, 0.3) is 11.3 Å². The fourth-order valence-corrected chi connectivity index (χ4v) is 1.87. The number of nitrogens with two attached hydrogens (primary N) is 1. The molecule has 84 valence electrons. The molecule has 0 fully saturated rings. The van der Waals surface area contributed by atoms with Crippen LogP contribution in [0, 0.1) is 18.3 Å². The van der Waals surface area contributed by atoms with Crippen molar-refractivity contribution < 1.29 is 0 Å². The van der Waals surface area contributed by atoms with Gasteiger partial charge in [-0.1, -0.05) is 35.9 Å². The zero-order chi connectivity index (χ0) is 12.4. The van der Waals surface area contributed by atoms with Gasteiger partial charge in [-0.25, -0.2) is 4.98 Å². The number of nitrogen functional groups attached to an aromatic ring is 1. The standard InChI is InChI=1S/C13H10ClN3/c1-8-4-2-3-5-10(8)12-11(14)6-9(7-15)13(16)17-12/h2-6H,1H3,(H2,16,17). The van der Waals surface area contributed by atoms with Gasteiger partial charge >= 0.3 is 0 Å². The van der Waals surface area contributed by atoms with Crippen molar-refractivity contribution in [1.82, 2.24) is 4.98 Å². The van der Waals surface area contributed by atoms with E-state index in [1.54, 1.807) is 6.07 Å². The maximum absolute atomic E-state index is 8.83. The molecular weight excluding hydrogens is 234 g/mol. The Morgan fingerprint density at radius 3 is 2.71 bits per heavy atom. The van der Waals surface area contributed by atoms with Crippen LogP contribution in [-0.4, -0.2) is 4.98 Å². The first-order valence-electron chi connectivity index (χ1n) is 5.05. The summed E-state index contributed by atoms with van der Waals surface area (Å²) in [5.74, 6) is 0.204. The van der Waals surface area contributed by atoms with Crippen LogP contribution in [0.5, 0.6) is 0 Å². The van der Waals surface area contributed by atoms with Gasteiger partial charge in [0.1, 0.15) is 11.9 Å². The van der Waals surface area contributed by atoms with Gasteiger partial charge in [0.2, 0.25) is 0 Å². The first-order chi connectivity index (χ1) is 8.13. The van der Waals surface area contributed by atoms with E-state index in [4.69, 9.17) is 22.6 Å². The van der Waals surface area contributed by atoms with Crippen LogP contribution >= 0.6 is 11.6 Å². The van der Waals surface area contributed by atoms with E-state index in [9.17, 15) is 0 Å². The molecule has 0 aliphatic carbocycles. The summed E-state index contributed by atoms with van der Waals surface area (Å²) in [5, 5.41) is 9.27. The van der Waals surface area contributed by atoms with Gasteiger partial charge in [0.05, 0.1) is 16.3 Å². The minimum Gasteiger partial charge on any atom is -0.383 e. The number of nitriles is 1. The van der Waals surface area contributed by atoms with E-state index in [1.165, 1.54) is 0 Å². The molecule has 0 radical (unpaired) electrons. The van der Waals surface area contributed by atoms with Crippen LogP contribution in [-0.2, 0) is 0 Å². The van der Waals surface area contributed by atoms with E-state index in [0.29, 0.717) is 16.3 Å². The summed E-state index contributed by atoms with van der Waals surface area (Å²) < 4.78 is 0. The van der Waals surface area contributed by atoms with Crippen molar-refractivity contribution in [2.75, 3.05) is 5.73 Å². The quantitative estimate of drug-likeness (QED) is 0.837. The van der Waals surface area contributed by atoms with Gasteiger partial charge in [-0.2, -0.15) is 5.26 Å². The van der Waals surface area contributed by atoms with E-state index in [-0.39, 0.29) is 5.82 Å². The van der Waals surface area contributed by atoms with Crippen molar-refractivity contribution in [3.63, 3.8) is 0 Å². The largest absolute Gasteiger partial charge is 0.383 e. The monoisotopic (exact) mass is 243 g/mol. The number of anilines is 1. The number of halogens is 1. The van der Waals surface area contributed by atoms with Gasteiger partial charge in [-0.3, -0.25) is 0 Å². The van der Waals surface area contributed by atoms with Crippen molar-refractivity contribution in [3.05, 3.63) is 46.5 Å². The SMILES string of the molecule is Cc1ccccc1-c1nc(N)c(C#N)cc1Cl. The van der Waals surface area contributed by atoms with Gasteiger partial charge < -0.3 is 5.73 Å². The minimum atomic E-state index is 0.204. The third-order valence-electron chi connectivity index (χ3n) is 2.53. The smallest absolute Gasteiger partial charge is 0.142 e.